The van der Waals surface area contributed by atoms with E-state index in [4.69, 9.17) is 23.2 Å². The summed E-state index contributed by atoms with van der Waals surface area (Å²) in [6.07, 6.45) is 4.05. The molecule has 1 atom stereocenters. The Bertz CT molecular complexity index is 440. The molecule has 0 unspecified atom stereocenters. The van der Waals surface area contributed by atoms with E-state index in [1.165, 1.54) is 24.8 Å². The Kier molecular flexibility index (Phi) is 4.33. The summed E-state index contributed by atoms with van der Waals surface area (Å²) in [7, 11) is 0. The van der Waals surface area contributed by atoms with Gasteiger partial charge in [-0.1, -0.05) is 42.1 Å². The van der Waals surface area contributed by atoms with Gasteiger partial charge in [0.1, 0.15) is 0 Å². The number of piperazine rings is 1. The Morgan fingerprint density at radius 2 is 1.89 bits per heavy atom. The van der Waals surface area contributed by atoms with Gasteiger partial charge in [0.25, 0.3) is 0 Å². The van der Waals surface area contributed by atoms with Crippen molar-refractivity contribution in [3.63, 3.8) is 0 Å². The Hall–Kier alpha value is -0.280. The average Bonchev–Trinajstić information content (AvgIpc) is 3.24. The van der Waals surface area contributed by atoms with Crippen LogP contribution in [0, 0.1) is 5.92 Å². The number of benzene rings is 1. The molecule has 104 valence electrons. The van der Waals surface area contributed by atoms with Crippen molar-refractivity contribution in [2.24, 2.45) is 5.92 Å². The molecule has 2 fully saturated rings. The Morgan fingerprint density at radius 3 is 2.53 bits per heavy atom. The van der Waals surface area contributed by atoms with Gasteiger partial charge in [0.2, 0.25) is 0 Å². The van der Waals surface area contributed by atoms with Crippen LogP contribution in [0.5, 0.6) is 0 Å². The van der Waals surface area contributed by atoms with Crippen LogP contribution in [0.2, 0.25) is 10.0 Å². The summed E-state index contributed by atoms with van der Waals surface area (Å²) in [6.45, 7) is 4.42. The normalized spacial score (nSPS) is 22.4. The topological polar surface area (TPSA) is 15.3 Å². The molecule has 0 amide bonds. The van der Waals surface area contributed by atoms with Crippen LogP contribution in [0.3, 0.4) is 0 Å². The van der Waals surface area contributed by atoms with Gasteiger partial charge in [0.05, 0.1) is 10.0 Å². The summed E-state index contributed by atoms with van der Waals surface area (Å²) in [5, 5.41) is 4.75. The molecule has 4 heteroatoms. The van der Waals surface area contributed by atoms with E-state index in [1.54, 1.807) is 0 Å². The van der Waals surface area contributed by atoms with E-state index < -0.39 is 0 Å². The highest BCUT2D eigenvalue weighted by Gasteiger charge is 2.30. The third-order valence-electron chi connectivity index (χ3n) is 4.17. The summed E-state index contributed by atoms with van der Waals surface area (Å²) >= 11 is 12.2. The highest BCUT2D eigenvalue weighted by atomic mass is 35.5. The average molecular weight is 299 g/mol. The fourth-order valence-electron chi connectivity index (χ4n) is 2.88. The van der Waals surface area contributed by atoms with Crippen molar-refractivity contribution in [1.29, 1.82) is 0 Å². The minimum atomic E-state index is 0.504. The maximum absolute atomic E-state index is 6.19. The third-order valence-corrected chi connectivity index (χ3v) is 4.91. The van der Waals surface area contributed by atoms with Crippen molar-refractivity contribution in [3.8, 4) is 0 Å². The smallest absolute Gasteiger partial charge is 0.0595 e. The maximum Gasteiger partial charge on any atom is 0.0595 e. The molecule has 19 heavy (non-hydrogen) atoms. The van der Waals surface area contributed by atoms with Gasteiger partial charge in [-0.15, -0.1) is 0 Å². The van der Waals surface area contributed by atoms with Crippen molar-refractivity contribution in [2.45, 2.75) is 25.3 Å². The highest BCUT2D eigenvalue weighted by Crippen LogP contribution is 2.41. The molecule has 0 spiro atoms. The van der Waals surface area contributed by atoms with Crippen LogP contribution >= 0.6 is 23.2 Å². The van der Waals surface area contributed by atoms with E-state index >= 15 is 0 Å². The molecule has 0 bridgehead atoms. The lowest BCUT2D eigenvalue weighted by Crippen LogP contribution is -2.45. The Morgan fingerprint density at radius 1 is 1.16 bits per heavy atom. The van der Waals surface area contributed by atoms with Gasteiger partial charge in [-0.25, -0.2) is 0 Å². The second-order valence-electron chi connectivity index (χ2n) is 5.65. The summed E-state index contributed by atoms with van der Waals surface area (Å²) in [5.74, 6) is 0.911. The number of nitrogens with zero attached hydrogens (tertiary/aromatic N) is 1. The second kappa shape index (κ2) is 6.01. The van der Waals surface area contributed by atoms with Gasteiger partial charge >= 0.3 is 0 Å². The monoisotopic (exact) mass is 298 g/mol. The van der Waals surface area contributed by atoms with E-state index in [0.717, 1.165) is 32.1 Å². The first kappa shape index (κ1) is 13.7. The molecular weight excluding hydrogens is 279 g/mol. The first-order valence-electron chi connectivity index (χ1n) is 7.14. The minimum absolute atomic E-state index is 0.504. The predicted molar refractivity (Wildman–Crippen MR) is 81.0 cm³/mol. The van der Waals surface area contributed by atoms with Crippen LogP contribution in [0.15, 0.2) is 18.2 Å². The van der Waals surface area contributed by atoms with Crippen LogP contribution < -0.4 is 5.32 Å². The van der Waals surface area contributed by atoms with Crippen molar-refractivity contribution in [3.05, 3.63) is 33.8 Å². The van der Waals surface area contributed by atoms with E-state index in [2.05, 4.69) is 22.3 Å². The lowest BCUT2D eigenvalue weighted by Gasteiger charge is -2.35. The molecule has 1 aliphatic carbocycles. The molecule has 0 radical (unpaired) electrons. The van der Waals surface area contributed by atoms with Crippen molar-refractivity contribution < 1.29 is 0 Å². The van der Waals surface area contributed by atoms with Crippen LogP contribution in [0.25, 0.3) is 0 Å². The summed E-state index contributed by atoms with van der Waals surface area (Å²) in [4.78, 5) is 2.59. The Labute approximate surface area is 125 Å². The molecule has 1 N–H and O–H groups in total. The van der Waals surface area contributed by atoms with E-state index in [1.807, 2.05) is 6.07 Å². The number of nitrogens with one attached hydrogen (secondary N) is 1. The molecule has 1 aliphatic heterocycles. The van der Waals surface area contributed by atoms with Crippen molar-refractivity contribution in [1.82, 2.24) is 10.2 Å². The molecule has 2 nitrogen and oxygen atoms in total. The van der Waals surface area contributed by atoms with Crippen LogP contribution in [-0.2, 0) is 0 Å². The highest BCUT2D eigenvalue weighted by molar-refractivity contribution is 6.42. The van der Waals surface area contributed by atoms with Crippen LogP contribution in [0.1, 0.15) is 30.9 Å². The minimum Gasteiger partial charge on any atom is -0.314 e. The van der Waals surface area contributed by atoms with Crippen molar-refractivity contribution >= 4 is 23.2 Å². The molecular formula is C15H20Cl2N2. The number of halogens is 2. The Balaban J connectivity index is 1.81. The van der Waals surface area contributed by atoms with Gasteiger partial charge in [-0.05, 0) is 30.0 Å². The summed E-state index contributed by atoms with van der Waals surface area (Å²) in [5.41, 5.74) is 1.32. The molecule has 3 rings (SSSR count). The predicted octanol–water partition coefficient (Wildman–Crippen LogP) is 3.74. The molecule has 2 aliphatic rings. The first-order chi connectivity index (χ1) is 9.24. The zero-order chi connectivity index (χ0) is 13.2. The van der Waals surface area contributed by atoms with E-state index in [0.29, 0.717) is 16.1 Å². The standard InChI is InChI=1S/C15H20Cl2N2/c16-13-4-3-12(10-14(13)17)15(9-11-1-2-11)19-7-5-18-6-8-19/h3-4,10-11,15,18H,1-2,5-9H2/t15-/m1/s1. The fraction of sp³-hybridized carbons (Fsp3) is 0.600. The second-order valence-corrected chi connectivity index (χ2v) is 6.47. The summed E-state index contributed by atoms with van der Waals surface area (Å²) < 4.78 is 0. The molecule has 1 saturated heterocycles. The van der Waals surface area contributed by atoms with Gasteiger partial charge in [0.15, 0.2) is 0 Å². The quantitative estimate of drug-likeness (QED) is 0.911. The largest absolute Gasteiger partial charge is 0.314 e. The van der Waals surface area contributed by atoms with Crippen LogP contribution in [0.4, 0.5) is 0 Å². The molecule has 1 aromatic rings. The van der Waals surface area contributed by atoms with E-state index in [-0.39, 0.29) is 0 Å². The van der Waals surface area contributed by atoms with Gasteiger partial charge in [0, 0.05) is 32.2 Å². The number of hydrogen-bond donors (Lipinski definition) is 1. The molecule has 1 saturated carbocycles. The van der Waals surface area contributed by atoms with Crippen molar-refractivity contribution in [2.75, 3.05) is 26.2 Å². The maximum atomic E-state index is 6.19. The molecule has 0 aromatic heterocycles. The molecule has 1 heterocycles. The van der Waals surface area contributed by atoms with E-state index in [9.17, 15) is 0 Å². The van der Waals surface area contributed by atoms with Gasteiger partial charge < -0.3 is 5.32 Å². The summed E-state index contributed by atoms with van der Waals surface area (Å²) in [6, 6.07) is 6.63. The number of rotatable bonds is 4. The van der Waals surface area contributed by atoms with Crippen LogP contribution in [-0.4, -0.2) is 31.1 Å². The lowest BCUT2D eigenvalue weighted by atomic mass is 9.98. The third kappa shape index (κ3) is 3.43. The zero-order valence-corrected chi connectivity index (χ0v) is 12.6. The van der Waals surface area contributed by atoms with Gasteiger partial charge in [-0.3, -0.25) is 4.90 Å². The lowest BCUT2D eigenvalue weighted by molar-refractivity contribution is 0.160. The fourth-order valence-corrected chi connectivity index (χ4v) is 3.19. The first-order valence-corrected chi connectivity index (χ1v) is 7.89. The number of hydrogen-bond acceptors (Lipinski definition) is 2. The molecule has 1 aromatic carbocycles. The zero-order valence-electron chi connectivity index (χ0n) is 11.0. The SMILES string of the molecule is Clc1ccc([C@@H](CC2CC2)N2CCNCC2)cc1Cl. The van der Waals surface area contributed by atoms with Gasteiger partial charge in [-0.2, -0.15) is 0 Å².